The van der Waals surface area contributed by atoms with Gasteiger partial charge in [0.2, 0.25) is 5.09 Å². The second-order valence-electron chi connectivity index (χ2n) is 5.00. The van der Waals surface area contributed by atoms with Gasteiger partial charge in [-0.2, -0.15) is 4.31 Å². The second-order valence-corrected chi connectivity index (χ2v) is 6.87. The average molecular weight is 301 g/mol. The van der Waals surface area contributed by atoms with Crippen molar-refractivity contribution in [2.45, 2.75) is 25.0 Å². The fraction of sp³-hybridized carbons (Fsp3) is 0.692. The molecule has 1 N–H and O–H groups in total. The quantitative estimate of drug-likeness (QED) is 0.838. The molecule has 0 aliphatic carbocycles. The van der Waals surface area contributed by atoms with Crippen LogP contribution in [-0.2, 0) is 16.6 Å². The molecule has 1 aliphatic heterocycles. The van der Waals surface area contributed by atoms with Crippen LogP contribution in [0, 0.1) is 0 Å². The Hall–Kier alpha value is -0.890. The first-order valence-electron chi connectivity index (χ1n) is 7.03. The van der Waals surface area contributed by atoms with Gasteiger partial charge in [0.15, 0.2) is 0 Å². The van der Waals surface area contributed by atoms with Crippen molar-refractivity contribution in [2.24, 2.45) is 0 Å². The van der Waals surface area contributed by atoms with Gasteiger partial charge in [-0.3, -0.25) is 0 Å². The minimum atomic E-state index is -3.49. The molecule has 2 heterocycles. The monoisotopic (exact) mass is 301 g/mol. The van der Waals surface area contributed by atoms with Crippen molar-refractivity contribution in [1.82, 2.24) is 14.5 Å². The van der Waals surface area contributed by atoms with Gasteiger partial charge in [-0.05, 0) is 32.1 Å². The van der Waals surface area contributed by atoms with Gasteiger partial charge in [-0.25, -0.2) is 8.42 Å². The van der Waals surface area contributed by atoms with Crippen molar-refractivity contribution in [3.8, 4) is 0 Å². The zero-order valence-electron chi connectivity index (χ0n) is 12.1. The van der Waals surface area contributed by atoms with Crippen molar-refractivity contribution >= 4 is 10.0 Å². The van der Waals surface area contributed by atoms with E-state index in [1.165, 1.54) is 4.31 Å². The molecular formula is C13H23N3O3S. The SMILES string of the molecule is CCCN1CCN(S(=O)(=O)c2ccc(CNC)o2)CC1. The molecule has 0 spiro atoms. The Bertz CT molecular complexity index is 519. The van der Waals surface area contributed by atoms with Crippen LogP contribution in [-0.4, -0.2) is 57.4 Å². The normalized spacial score (nSPS) is 18.5. The fourth-order valence-electron chi connectivity index (χ4n) is 2.40. The second kappa shape index (κ2) is 6.71. The largest absolute Gasteiger partial charge is 0.447 e. The summed E-state index contributed by atoms with van der Waals surface area (Å²) in [7, 11) is -1.69. The lowest BCUT2D eigenvalue weighted by Gasteiger charge is -2.33. The van der Waals surface area contributed by atoms with Crippen LogP contribution >= 0.6 is 0 Å². The molecule has 20 heavy (non-hydrogen) atoms. The molecule has 1 aliphatic rings. The average Bonchev–Trinajstić information content (AvgIpc) is 2.90. The Morgan fingerprint density at radius 2 is 1.95 bits per heavy atom. The van der Waals surface area contributed by atoms with E-state index in [-0.39, 0.29) is 5.09 Å². The molecule has 1 saturated heterocycles. The van der Waals surface area contributed by atoms with Crippen molar-refractivity contribution in [2.75, 3.05) is 39.8 Å². The Morgan fingerprint density at radius 3 is 2.55 bits per heavy atom. The molecule has 1 aromatic heterocycles. The van der Waals surface area contributed by atoms with Crippen molar-refractivity contribution in [1.29, 1.82) is 0 Å². The lowest BCUT2D eigenvalue weighted by atomic mass is 10.3. The number of nitrogens with zero attached hydrogens (tertiary/aromatic N) is 2. The molecule has 1 fully saturated rings. The summed E-state index contributed by atoms with van der Waals surface area (Å²) in [6.07, 6.45) is 1.10. The molecular weight excluding hydrogens is 278 g/mol. The Balaban J connectivity index is 2.03. The summed E-state index contributed by atoms with van der Waals surface area (Å²) < 4.78 is 31.9. The molecule has 0 amide bonds. The standard InChI is InChI=1S/C13H23N3O3S/c1-3-6-15-7-9-16(10-8-15)20(17,18)13-5-4-12(19-13)11-14-2/h4-5,14H,3,6-11H2,1-2H3. The van der Waals surface area contributed by atoms with E-state index in [1.54, 1.807) is 19.2 Å². The van der Waals surface area contributed by atoms with E-state index in [4.69, 9.17) is 4.42 Å². The van der Waals surface area contributed by atoms with E-state index in [1.807, 2.05) is 0 Å². The van der Waals surface area contributed by atoms with Gasteiger partial charge in [-0.15, -0.1) is 0 Å². The highest BCUT2D eigenvalue weighted by Crippen LogP contribution is 2.20. The molecule has 1 aromatic rings. The highest BCUT2D eigenvalue weighted by molar-refractivity contribution is 7.89. The van der Waals surface area contributed by atoms with E-state index >= 15 is 0 Å². The van der Waals surface area contributed by atoms with E-state index in [0.717, 1.165) is 26.1 Å². The third-order valence-corrected chi connectivity index (χ3v) is 5.23. The van der Waals surface area contributed by atoms with Gasteiger partial charge < -0.3 is 14.6 Å². The lowest BCUT2D eigenvalue weighted by molar-refractivity contribution is 0.186. The summed E-state index contributed by atoms with van der Waals surface area (Å²) >= 11 is 0. The molecule has 0 aromatic carbocycles. The summed E-state index contributed by atoms with van der Waals surface area (Å²) in [5, 5.41) is 2.99. The smallest absolute Gasteiger partial charge is 0.276 e. The molecule has 7 heteroatoms. The van der Waals surface area contributed by atoms with Crippen LogP contribution in [0.15, 0.2) is 21.6 Å². The topological polar surface area (TPSA) is 65.8 Å². The number of hydrogen-bond donors (Lipinski definition) is 1. The minimum Gasteiger partial charge on any atom is -0.447 e. The number of rotatable bonds is 6. The van der Waals surface area contributed by atoms with Crippen LogP contribution in [0.25, 0.3) is 0 Å². The number of sulfonamides is 1. The molecule has 0 radical (unpaired) electrons. The lowest BCUT2D eigenvalue weighted by Crippen LogP contribution is -2.48. The summed E-state index contributed by atoms with van der Waals surface area (Å²) in [4.78, 5) is 2.29. The summed E-state index contributed by atoms with van der Waals surface area (Å²) in [5.41, 5.74) is 0. The van der Waals surface area contributed by atoms with Crippen LogP contribution in [0.1, 0.15) is 19.1 Å². The van der Waals surface area contributed by atoms with Gasteiger partial charge >= 0.3 is 0 Å². The third kappa shape index (κ3) is 3.41. The Kier molecular flexibility index (Phi) is 5.20. The van der Waals surface area contributed by atoms with Gasteiger partial charge in [0.25, 0.3) is 10.0 Å². The Morgan fingerprint density at radius 1 is 1.25 bits per heavy atom. The molecule has 114 valence electrons. The third-order valence-electron chi connectivity index (χ3n) is 3.45. The zero-order chi connectivity index (χ0) is 14.6. The maximum atomic E-state index is 12.5. The predicted octanol–water partition coefficient (Wildman–Crippen LogP) is 0.715. The van der Waals surface area contributed by atoms with Crippen molar-refractivity contribution in [3.05, 3.63) is 17.9 Å². The maximum absolute atomic E-state index is 12.5. The van der Waals surface area contributed by atoms with Crippen molar-refractivity contribution < 1.29 is 12.8 Å². The highest BCUT2D eigenvalue weighted by atomic mass is 32.2. The number of furan rings is 1. The first-order valence-corrected chi connectivity index (χ1v) is 8.47. The summed E-state index contributed by atoms with van der Waals surface area (Å²) in [6, 6.07) is 3.25. The fourth-order valence-corrected chi connectivity index (χ4v) is 3.75. The molecule has 6 nitrogen and oxygen atoms in total. The number of hydrogen-bond acceptors (Lipinski definition) is 5. The van der Waals surface area contributed by atoms with E-state index in [0.29, 0.717) is 25.4 Å². The van der Waals surface area contributed by atoms with E-state index in [2.05, 4.69) is 17.1 Å². The highest BCUT2D eigenvalue weighted by Gasteiger charge is 2.30. The number of piperazine rings is 1. The molecule has 0 atom stereocenters. The van der Waals surface area contributed by atoms with Crippen LogP contribution in [0.3, 0.4) is 0 Å². The van der Waals surface area contributed by atoms with Gasteiger partial charge in [0, 0.05) is 26.2 Å². The molecule has 2 rings (SSSR count). The minimum absolute atomic E-state index is 0.0479. The summed E-state index contributed by atoms with van der Waals surface area (Å²) in [5.74, 6) is 0.635. The summed E-state index contributed by atoms with van der Waals surface area (Å²) in [6.45, 7) is 6.33. The van der Waals surface area contributed by atoms with Crippen LogP contribution < -0.4 is 5.32 Å². The Labute approximate surface area is 120 Å². The maximum Gasteiger partial charge on any atom is 0.276 e. The van der Waals surface area contributed by atoms with Gasteiger partial charge in [0.05, 0.1) is 6.54 Å². The van der Waals surface area contributed by atoms with Crippen LogP contribution in [0.4, 0.5) is 0 Å². The van der Waals surface area contributed by atoms with E-state index in [9.17, 15) is 8.42 Å². The van der Waals surface area contributed by atoms with Gasteiger partial charge in [-0.1, -0.05) is 6.92 Å². The van der Waals surface area contributed by atoms with Crippen LogP contribution in [0.5, 0.6) is 0 Å². The zero-order valence-corrected chi connectivity index (χ0v) is 12.9. The first-order chi connectivity index (χ1) is 9.57. The van der Waals surface area contributed by atoms with Crippen LogP contribution in [0.2, 0.25) is 0 Å². The molecule has 0 unspecified atom stereocenters. The van der Waals surface area contributed by atoms with E-state index < -0.39 is 10.0 Å². The number of nitrogens with one attached hydrogen (secondary N) is 1. The molecule has 0 saturated carbocycles. The predicted molar refractivity (Wildman–Crippen MR) is 77.0 cm³/mol. The first kappa shape index (κ1) is 15.5. The molecule has 0 bridgehead atoms. The van der Waals surface area contributed by atoms with Gasteiger partial charge in [0.1, 0.15) is 5.76 Å². The van der Waals surface area contributed by atoms with Crippen molar-refractivity contribution in [3.63, 3.8) is 0 Å².